The molecule has 1 saturated heterocycles. The van der Waals surface area contributed by atoms with Crippen LogP contribution in [0.2, 0.25) is 0 Å². The Morgan fingerprint density at radius 3 is 2.58 bits per heavy atom. The Hall–Kier alpha value is -4.06. The number of alkyl halides is 3. The quantitative estimate of drug-likeness (QED) is 0.377. The summed E-state index contributed by atoms with van der Waals surface area (Å²) in [5.74, 6) is -0.652. The Labute approximate surface area is 217 Å². The van der Waals surface area contributed by atoms with Gasteiger partial charge in [-0.2, -0.15) is 18.2 Å². The van der Waals surface area contributed by atoms with Gasteiger partial charge in [0.2, 0.25) is 5.95 Å². The van der Waals surface area contributed by atoms with Gasteiger partial charge in [0, 0.05) is 43.8 Å². The van der Waals surface area contributed by atoms with E-state index in [1.165, 1.54) is 6.07 Å². The number of anilines is 5. The van der Waals surface area contributed by atoms with Crippen LogP contribution in [0.15, 0.2) is 48.7 Å². The van der Waals surface area contributed by atoms with Gasteiger partial charge >= 0.3 is 6.18 Å². The number of amides is 1. The normalized spacial score (nSPS) is 17.6. The minimum atomic E-state index is -4.72. The fourth-order valence-electron chi connectivity index (χ4n) is 4.38. The molecule has 0 aliphatic carbocycles. The molecule has 5 rings (SSSR count). The predicted octanol–water partition coefficient (Wildman–Crippen LogP) is 4.29. The molecule has 0 spiro atoms. The number of ether oxygens (including phenoxy) is 1. The lowest BCUT2D eigenvalue weighted by Gasteiger charge is -2.29. The highest BCUT2D eigenvalue weighted by molar-refractivity contribution is 6.03. The topological polar surface area (TPSA) is 103 Å². The number of aromatic nitrogens is 2. The number of rotatable bonds is 6. The molecule has 0 saturated carbocycles. The molecule has 2 aliphatic rings. The van der Waals surface area contributed by atoms with Gasteiger partial charge in [0.15, 0.2) is 0 Å². The summed E-state index contributed by atoms with van der Waals surface area (Å²) in [4.78, 5) is 23.2. The number of carbonyl (C=O) groups excluding carboxylic acids is 1. The molecule has 1 aromatic heterocycles. The molecule has 0 radical (unpaired) electrons. The van der Waals surface area contributed by atoms with Crippen LogP contribution in [-0.2, 0) is 6.18 Å². The zero-order chi connectivity index (χ0) is 26.7. The van der Waals surface area contributed by atoms with E-state index in [9.17, 15) is 18.0 Å². The van der Waals surface area contributed by atoms with Gasteiger partial charge in [-0.1, -0.05) is 13.0 Å². The number of halogens is 3. The Kier molecular flexibility index (Phi) is 7.23. The molecule has 9 nitrogen and oxygen atoms in total. The molecule has 1 fully saturated rings. The summed E-state index contributed by atoms with van der Waals surface area (Å²) in [6.07, 6.45) is -3.35. The lowest BCUT2D eigenvalue weighted by molar-refractivity contribution is -0.137. The van der Waals surface area contributed by atoms with Gasteiger partial charge < -0.3 is 30.9 Å². The van der Waals surface area contributed by atoms with Crippen molar-refractivity contribution in [3.05, 3.63) is 59.8 Å². The van der Waals surface area contributed by atoms with Crippen molar-refractivity contribution in [2.45, 2.75) is 25.6 Å². The van der Waals surface area contributed by atoms with Crippen molar-refractivity contribution in [3.8, 4) is 5.75 Å². The molecule has 0 unspecified atom stereocenters. The van der Waals surface area contributed by atoms with Crippen LogP contribution in [0, 0.1) is 0 Å². The molecule has 1 amide bonds. The van der Waals surface area contributed by atoms with E-state index >= 15 is 0 Å². The molecule has 2 aliphatic heterocycles. The third kappa shape index (κ3) is 5.59. The van der Waals surface area contributed by atoms with Crippen molar-refractivity contribution in [2.75, 3.05) is 48.3 Å². The maximum atomic E-state index is 13.9. The summed E-state index contributed by atoms with van der Waals surface area (Å²) in [6, 6.07) is 12.1. The first-order valence-electron chi connectivity index (χ1n) is 12.4. The van der Waals surface area contributed by atoms with Gasteiger partial charge in [0.1, 0.15) is 29.3 Å². The van der Waals surface area contributed by atoms with Crippen LogP contribution in [-0.4, -0.2) is 54.7 Å². The fraction of sp³-hybridized carbons (Fsp3) is 0.346. The van der Waals surface area contributed by atoms with E-state index in [-0.39, 0.29) is 35.6 Å². The zero-order valence-corrected chi connectivity index (χ0v) is 20.7. The second-order valence-electron chi connectivity index (χ2n) is 9.06. The van der Waals surface area contributed by atoms with Crippen molar-refractivity contribution in [1.29, 1.82) is 0 Å². The molecule has 38 heavy (non-hydrogen) atoms. The van der Waals surface area contributed by atoms with Gasteiger partial charge in [0.25, 0.3) is 5.91 Å². The monoisotopic (exact) mass is 527 g/mol. The van der Waals surface area contributed by atoms with Crippen molar-refractivity contribution in [1.82, 2.24) is 20.6 Å². The smallest absolute Gasteiger partial charge is 0.421 e. The summed E-state index contributed by atoms with van der Waals surface area (Å²) in [5, 5.41) is 11.8. The Morgan fingerprint density at radius 2 is 1.87 bits per heavy atom. The van der Waals surface area contributed by atoms with E-state index in [4.69, 9.17) is 4.74 Å². The average molecular weight is 528 g/mol. The number of nitrogens with zero attached hydrogens (tertiary/aromatic N) is 3. The zero-order valence-electron chi connectivity index (χ0n) is 20.7. The van der Waals surface area contributed by atoms with Crippen LogP contribution in [0.5, 0.6) is 5.75 Å². The molecular weight excluding hydrogens is 499 g/mol. The van der Waals surface area contributed by atoms with E-state index in [1.807, 2.05) is 31.2 Å². The van der Waals surface area contributed by atoms with Gasteiger partial charge in [-0.15, -0.1) is 0 Å². The third-order valence-corrected chi connectivity index (χ3v) is 6.47. The van der Waals surface area contributed by atoms with Crippen LogP contribution in [0.4, 0.5) is 42.0 Å². The highest BCUT2D eigenvalue weighted by atomic mass is 19.4. The lowest BCUT2D eigenvalue weighted by Crippen LogP contribution is -2.43. The summed E-state index contributed by atoms with van der Waals surface area (Å²) in [7, 11) is 0. The number of nitrogens with one attached hydrogen (secondary N) is 4. The largest absolute Gasteiger partial charge is 0.491 e. The maximum absolute atomic E-state index is 13.9. The summed E-state index contributed by atoms with van der Waals surface area (Å²) < 4.78 is 47.3. The summed E-state index contributed by atoms with van der Waals surface area (Å²) in [5.41, 5.74) is 0.890. The molecule has 12 heteroatoms. The van der Waals surface area contributed by atoms with Crippen molar-refractivity contribution in [3.63, 3.8) is 0 Å². The van der Waals surface area contributed by atoms with Crippen molar-refractivity contribution < 1.29 is 22.7 Å². The first-order chi connectivity index (χ1) is 18.3. The summed E-state index contributed by atoms with van der Waals surface area (Å²) in [6.45, 7) is 5.79. The van der Waals surface area contributed by atoms with Gasteiger partial charge in [-0.25, -0.2) is 4.98 Å². The third-order valence-electron chi connectivity index (χ3n) is 6.47. The molecule has 200 valence electrons. The van der Waals surface area contributed by atoms with E-state index in [2.05, 4.69) is 36.1 Å². The standard InChI is InChI=1S/C26H28F3N7O2/c1-2-16-15-38-21-5-3-4-20(22(21)24(37)32-16)34-23-19(26(27,28)29)14-31-25(35-23)33-17-6-8-18(9-7-17)36-12-10-30-11-13-36/h3-9,14,16,30H,2,10-13,15H2,1H3,(H,32,37)(H2,31,33,34,35)/t16-/m0/s1. The second kappa shape index (κ2) is 10.7. The van der Waals surface area contributed by atoms with Crippen LogP contribution < -0.4 is 30.9 Å². The van der Waals surface area contributed by atoms with Crippen LogP contribution in [0.25, 0.3) is 0 Å². The second-order valence-corrected chi connectivity index (χ2v) is 9.06. The van der Waals surface area contributed by atoms with E-state index in [0.717, 1.165) is 38.1 Å². The highest BCUT2D eigenvalue weighted by Crippen LogP contribution is 2.37. The first kappa shape index (κ1) is 25.6. The number of benzene rings is 2. The van der Waals surface area contributed by atoms with E-state index < -0.39 is 23.5 Å². The Balaban J connectivity index is 1.42. The van der Waals surface area contributed by atoms with Crippen molar-refractivity contribution in [2.24, 2.45) is 0 Å². The summed E-state index contributed by atoms with van der Waals surface area (Å²) >= 11 is 0. The minimum Gasteiger partial charge on any atom is -0.491 e. The predicted molar refractivity (Wildman–Crippen MR) is 139 cm³/mol. The van der Waals surface area contributed by atoms with E-state index in [0.29, 0.717) is 12.1 Å². The number of carbonyl (C=O) groups is 1. The number of hydrogen-bond acceptors (Lipinski definition) is 8. The minimum absolute atomic E-state index is 0.0239. The van der Waals surface area contributed by atoms with Crippen LogP contribution in [0.3, 0.4) is 0 Å². The highest BCUT2D eigenvalue weighted by Gasteiger charge is 2.36. The molecule has 4 N–H and O–H groups in total. The van der Waals surface area contributed by atoms with Crippen LogP contribution >= 0.6 is 0 Å². The van der Waals surface area contributed by atoms with Crippen LogP contribution in [0.1, 0.15) is 29.3 Å². The van der Waals surface area contributed by atoms with E-state index in [1.54, 1.807) is 12.1 Å². The SMILES string of the molecule is CC[C@H]1COc2cccc(Nc3nc(Nc4ccc(N5CCNCC5)cc4)ncc3C(F)(F)F)c2C(=O)N1. The lowest BCUT2D eigenvalue weighted by atomic mass is 10.1. The van der Waals surface area contributed by atoms with Crippen molar-refractivity contribution >= 4 is 34.7 Å². The molecule has 3 aromatic rings. The Morgan fingerprint density at radius 1 is 1.11 bits per heavy atom. The molecule has 2 aromatic carbocycles. The maximum Gasteiger partial charge on any atom is 0.421 e. The average Bonchev–Trinajstić information content (AvgIpc) is 3.08. The number of piperazine rings is 1. The molecule has 3 heterocycles. The Bertz CT molecular complexity index is 1290. The molecule has 0 bridgehead atoms. The molecular formula is C26H28F3N7O2. The van der Waals surface area contributed by atoms with Gasteiger partial charge in [-0.05, 0) is 42.8 Å². The van der Waals surface area contributed by atoms with Gasteiger partial charge in [-0.3, -0.25) is 4.79 Å². The fourth-order valence-corrected chi connectivity index (χ4v) is 4.38. The van der Waals surface area contributed by atoms with Gasteiger partial charge in [0.05, 0.1) is 11.7 Å². The number of hydrogen-bond donors (Lipinski definition) is 4. The molecule has 1 atom stereocenters. The first-order valence-corrected chi connectivity index (χ1v) is 12.4. The number of fused-ring (bicyclic) bond motifs is 1.